The summed E-state index contributed by atoms with van der Waals surface area (Å²) < 4.78 is 18.6. The van der Waals surface area contributed by atoms with E-state index in [1.165, 1.54) is 13.3 Å². The standard InChI is InChI=1S/C17H26N3O4P.C2H6/c1-13(2)20(14(3)4)25(23-10-6-9-18)24-12-16-8-7-15(11-19-16)17(21)22-5;1-2/h7-8,11,13-14H,6,10,12H2,1-5H3;1-2H3. The van der Waals surface area contributed by atoms with Crippen molar-refractivity contribution in [1.29, 1.82) is 5.26 Å². The van der Waals surface area contributed by atoms with Gasteiger partial charge in [-0.05, 0) is 39.8 Å². The molecule has 1 heterocycles. The molecule has 7 nitrogen and oxygen atoms in total. The van der Waals surface area contributed by atoms with Crippen molar-refractivity contribution in [1.82, 2.24) is 9.65 Å². The van der Waals surface area contributed by atoms with Crippen LogP contribution in [-0.4, -0.2) is 41.4 Å². The SMILES string of the molecule is CC.COC(=O)c1ccc(COP(OCCC#N)N(C(C)C)C(C)C)nc1. The van der Waals surface area contributed by atoms with E-state index < -0.39 is 14.5 Å². The van der Waals surface area contributed by atoms with Crippen molar-refractivity contribution in [3.05, 3.63) is 29.6 Å². The van der Waals surface area contributed by atoms with Crippen LogP contribution in [0.2, 0.25) is 0 Å². The number of aromatic nitrogens is 1. The summed E-state index contributed by atoms with van der Waals surface area (Å²) in [7, 11) is 0.0200. The molecule has 8 heteroatoms. The Bertz CT molecular complexity index is 565. The number of carbonyl (C=O) groups excluding carboxylic acids is 1. The lowest BCUT2D eigenvalue weighted by Crippen LogP contribution is -2.33. The average molecular weight is 397 g/mol. The predicted octanol–water partition coefficient (Wildman–Crippen LogP) is 4.69. The van der Waals surface area contributed by atoms with Crippen molar-refractivity contribution in [2.75, 3.05) is 13.7 Å². The molecule has 1 unspecified atom stereocenters. The largest absolute Gasteiger partial charge is 0.465 e. The topological polar surface area (TPSA) is 84.7 Å². The van der Waals surface area contributed by atoms with Gasteiger partial charge in [0.15, 0.2) is 0 Å². The van der Waals surface area contributed by atoms with Crippen LogP contribution in [0.15, 0.2) is 18.3 Å². The van der Waals surface area contributed by atoms with E-state index >= 15 is 0 Å². The minimum absolute atomic E-state index is 0.239. The van der Waals surface area contributed by atoms with Crippen LogP contribution in [0.5, 0.6) is 0 Å². The van der Waals surface area contributed by atoms with Gasteiger partial charge in [-0.15, -0.1) is 0 Å². The van der Waals surface area contributed by atoms with Crippen LogP contribution < -0.4 is 0 Å². The molecule has 0 aromatic carbocycles. The van der Waals surface area contributed by atoms with E-state index in [0.717, 1.165) is 0 Å². The summed E-state index contributed by atoms with van der Waals surface area (Å²) >= 11 is 0. The number of esters is 1. The molecule has 0 saturated carbocycles. The van der Waals surface area contributed by atoms with Crippen LogP contribution in [-0.2, 0) is 20.4 Å². The summed E-state index contributed by atoms with van der Waals surface area (Å²) in [6, 6.07) is 5.93. The molecule has 0 saturated heterocycles. The molecule has 1 rings (SSSR count). The zero-order valence-electron chi connectivity index (χ0n) is 17.4. The van der Waals surface area contributed by atoms with Gasteiger partial charge in [0, 0.05) is 18.3 Å². The number of hydrogen-bond donors (Lipinski definition) is 0. The highest BCUT2D eigenvalue weighted by molar-refractivity contribution is 7.44. The predicted molar refractivity (Wildman–Crippen MR) is 107 cm³/mol. The molecule has 152 valence electrons. The molecule has 0 fully saturated rings. The van der Waals surface area contributed by atoms with Crippen molar-refractivity contribution in [2.24, 2.45) is 0 Å². The lowest BCUT2D eigenvalue weighted by molar-refractivity contribution is 0.0600. The molecule has 27 heavy (non-hydrogen) atoms. The van der Waals surface area contributed by atoms with Crippen molar-refractivity contribution in [3.63, 3.8) is 0 Å². The van der Waals surface area contributed by atoms with Crippen molar-refractivity contribution >= 4 is 14.5 Å². The molecular weight excluding hydrogens is 365 g/mol. The maximum absolute atomic E-state index is 11.4. The van der Waals surface area contributed by atoms with Gasteiger partial charge in [-0.1, -0.05) is 13.8 Å². The van der Waals surface area contributed by atoms with E-state index in [2.05, 4.69) is 48.2 Å². The number of nitrogens with zero attached hydrogens (tertiary/aromatic N) is 3. The zero-order chi connectivity index (χ0) is 20.8. The second kappa shape index (κ2) is 14.5. The van der Waals surface area contributed by atoms with Crippen LogP contribution >= 0.6 is 8.53 Å². The van der Waals surface area contributed by atoms with Gasteiger partial charge in [0.2, 0.25) is 0 Å². The Morgan fingerprint density at radius 2 is 1.85 bits per heavy atom. The summed E-state index contributed by atoms with van der Waals surface area (Å²) in [5.41, 5.74) is 1.08. The van der Waals surface area contributed by atoms with Gasteiger partial charge in [-0.3, -0.25) is 4.98 Å². The maximum atomic E-state index is 11.4. The minimum atomic E-state index is -1.31. The van der Waals surface area contributed by atoms with Crippen LogP contribution in [0.3, 0.4) is 0 Å². The highest BCUT2D eigenvalue weighted by atomic mass is 31.2. The summed E-state index contributed by atoms with van der Waals surface area (Å²) in [6.07, 6.45) is 1.78. The van der Waals surface area contributed by atoms with Crippen molar-refractivity contribution in [2.45, 2.75) is 66.7 Å². The van der Waals surface area contributed by atoms with E-state index in [-0.39, 0.29) is 18.7 Å². The van der Waals surface area contributed by atoms with Gasteiger partial charge in [-0.25, -0.2) is 9.46 Å². The quantitative estimate of drug-likeness (QED) is 0.322. The number of ether oxygens (including phenoxy) is 1. The number of carbonyl (C=O) groups is 1. The van der Waals surface area contributed by atoms with Gasteiger partial charge in [0.25, 0.3) is 8.53 Å². The molecular formula is C19H32N3O4P. The Labute approximate surface area is 164 Å². The first-order valence-electron chi connectivity index (χ1n) is 9.15. The van der Waals surface area contributed by atoms with Gasteiger partial charge < -0.3 is 13.8 Å². The van der Waals surface area contributed by atoms with Crippen molar-refractivity contribution in [3.8, 4) is 6.07 Å². The molecule has 1 aromatic heterocycles. The van der Waals surface area contributed by atoms with Crippen LogP contribution in [0.4, 0.5) is 0 Å². The zero-order valence-corrected chi connectivity index (χ0v) is 18.3. The number of pyridine rings is 1. The van der Waals surface area contributed by atoms with Crippen LogP contribution in [0, 0.1) is 11.3 Å². The third-order valence-electron chi connectivity index (χ3n) is 3.23. The molecule has 0 aliphatic carbocycles. The molecule has 0 amide bonds. The highest BCUT2D eigenvalue weighted by Gasteiger charge is 2.27. The minimum Gasteiger partial charge on any atom is -0.465 e. The molecule has 0 spiro atoms. The number of rotatable bonds is 10. The Morgan fingerprint density at radius 3 is 2.30 bits per heavy atom. The van der Waals surface area contributed by atoms with E-state index in [1.807, 2.05) is 13.8 Å². The maximum Gasteiger partial charge on any atom is 0.339 e. The van der Waals surface area contributed by atoms with E-state index in [0.29, 0.717) is 24.3 Å². The smallest absolute Gasteiger partial charge is 0.339 e. The lowest BCUT2D eigenvalue weighted by Gasteiger charge is -2.35. The molecule has 0 aliphatic rings. The monoisotopic (exact) mass is 397 g/mol. The first-order chi connectivity index (χ1) is 12.9. The summed E-state index contributed by atoms with van der Waals surface area (Å²) in [6.45, 7) is 12.9. The Hall–Kier alpha value is -1.58. The fourth-order valence-corrected chi connectivity index (χ4v) is 3.77. The summed E-state index contributed by atoms with van der Waals surface area (Å²) in [4.78, 5) is 15.7. The van der Waals surface area contributed by atoms with E-state index in [9.17, 15) is 4.79 Å². The molecule has 1 atom stereocenters. The molecule has 0 N–H and O–H groups in total. The third kappa shape index (κ3) is 9.25. The molecule has 0 bridgehead atoms. The molecule has 0 radical (unpaired) electrons. The Morgan fingerprint density at radius 1 is 1.22 bits per heavy atom. The first-order valence-corrected chi connectivity index (χ1v) is 10.3. The van der Waals surface area contributed by atoms with Crippen LogP contribution in [0.1, 0.15) is 64.0 Å². The fourth-order valence-electron chi connectivity index (χ4n) is 2.18. The fraction of sp³-hybridized carbons (Fsp3) is 0.632. The highest BCUT2D eigenvalue weighted by Crippen LogP contribution is 2.46. The van der Waals surface area contributed by atoms with E-state index in [4.69, 9.17) is 14.3 Å². The summed E-state index contributed by atoms with van der Waals surface area (Å²) in [5, 5.41) is 8.71. The number of nitriles is 1. The summed E-state index contributed by atoms with van der Waals surface area (Å²) in [5.74, 6) is -0.423. The normalized spacial score (nSPS) is 11.7. The van der Waals surface area contributed by atoms with Gasteiger partial charge in [0.05, 0.1) is 44.1 Å². The van der Waals surface area contributed by atoms with Crippen LogP contribution in [0.25, 0.3) is 0 Å². The Balaban J connectivity index is 0.00000326. The number of hydrogen-bond acceptors (Lipinski definition) is 7. The van der Waals surface area contributed by atoms with Gasteiger partial charge >= 0.3 is 5.97 Å². The van der Waals surface area contributed by atoms with Gasteiger partial charge in [-0.2, -0.15) is 5.26 Å². The van der Waals surface area contributed by atoms with Gasteiger partial charge in [0.1, 0.15) is 0 Å². The van der Waals surface area contributed by atoms with E-state index in [1.54, 1.807) is 12.1 Å². The lowest BCUT2D eigenvalue weighted by atomic mass is 10.2. The second-order valence-corrected chi connectivity index (χ2v) is 7.30. The first kappa shape index (κ1) is 25.4. The molecule has 0 aliphatic heterocycles. The third-order valence-corrected chi connectivity index (χ3v) is 5.29. The number of methoxy groups -OCH3 is 1. The molecule has 1 aromatic rings. The Kier molecular flexibility index (Phi) is 13.6. The van der Waals surface area contributed by atoms with Crippen molar-refractivity contribution < 1.29 is 18.6 Å². The second-order valence-electron chi connectivity index (χ2n) is 5.85. The average Bonchev–Trinajstić information content (AvgIpc) is 2.66.